The van der Waals surface area contributed by atoms with Crippen LogP contribution in [0.25, 0.3) is 22.0 Å². The van der Waals surface area contributed by atoms with E-state index in [1.54, 1.807) is 30.3 Å². The van der Waals surface area contributed by atoms with Crippen molar-refractivity contribution in [1.29, 1.82) is 0 Å². The summed E-state index contributed by atoms with van der Waals surface area (Å²) in [7, 11) is 0. The molecule has 0 saturated heterocycles. The van der Waals surface area contributed by atoms with Gasteiger partial charge in [-0.15, -0.1) is 4.91 Å². The number of pyridine rings is 1. The predicted octanol–water partition coefficient (Wildman–Crippen LogP) is 4.65. The molecule has 1 heterocycles. The van der Waals surface area contributed by atoms with Gasteiger partial charge in [-0.3, -0.25) is 4.98 Å². The third-order valence-electron chi connectivity index (χ3n) is 3.35. The highest BCUT2D eigenvalue weighted by Crippen LogP contribution is 2.37. The largest absolute Gasteiger partial charge is 0.478 e. The van der Waals surface area contributed by atoms with E-state index in [0.717, 1.165) is 0 Å². The lowest BCUT2D eigenvalue weighted by Crippen LogP contribution is -1.99. The first-order chi connectivity index (χ1) is 10.6. The lowest BCUT2D eigenvalue weighted by Gasteiger charge is -2.10. The van der Waals surface area contributed by atoms with Crippen molar-refractivity contribution in [2.45, 2.75) is 0 Å². The predicted molar refractivity (Wildman–Crippen MR) is 84.6 cm³/mol. The van der Waals surface area contributed by atoms with Crippen LogP contribution in [0.3, 0.4) is 0 Å². The third-order valence-corrected chi connectivity index (χ3v) is 3.58. The molecule has 6 heteroatoms. The highest BCUT2D eigenvalue weighted by Gasteiger charge is 2.15. The van der Waals surface area contributed by atoms with Crippen LogP contribution >= 0.6 is 11.6 Å². The second-order valence-corrected chi connectivity index (χ2v) is 5.05. The first-order valence-corrected chi connectivity index (χ1v) is 6.74. The van der Waals surface area contributed by atoms with Crippen LogP contribution in [-0.2, 0) is 0 Å². The molecule has 22 heavy (non-hydrogen) atoms. The summed E-state index contributed by atoms with van der Waals surface area (Å²) in [4.78, 5) is 26.5. The summed E-state index contributed by atoms with van der Waals surface area (Å²) in [5.74, 6) is -1.06. The van der Waals surface area contributed by atoms with Crippen molar-refractivity contribution >= 4 is 34.2 Å². The van der Waals surface area contributed by atoms with Crippen LogP contribution < -0.4 is 0 Å². The molecule has 0 aliphatic carbocycles. The molecule has 0 bridgehead atoms. The molecule has 1 N–H and O–H groups in total. The lowest BCUT2D eigenvalue weighted by atomic mass is 9.97. The Morgan fingerprint density at radius 2 is 1.95 bits per heavy atom. The van der Waals surface area contributed by atoms with Gasteiger partial charge < -0.3 is 5.11 Å². The van der Waals surface area contributed by atoms with E-state index in [9.17, 15) is 14.8 Å². The third kappa shape index (κ3) is 2.31. The van der Waals surface area contributed by atoms with E-state index in [1.165, 1.54) is 18.3 Å². The molecular weight excluding hydrogens is 304 g/mol. The van der Waals surface area contributed by atoms with E-state index >= 15 is 0 Å². The van der Waals surface area contributed by atoms with E-state index in [1.807, 2.05) is 0 Å². The first kappa shape index (κ1) is 14.2. The second-order valence-electron chi connectivity index (χ2n) is 4.62. The normalized spacial score (nSPS) is 10.6. The summed E-state index contributed by atoms with van der Waals surface area (Å²) in [6.07, 6.45) is 1.52. The number of hydrogen-bond donors (Lipinski definition) is 1. The molecule has 3 rings (SSSR count). The Morgan fingerprint density at radius 3 is 2.68 bits per heavy atom. The molecule has 108 valence electrons. The fourth-order valence-corrected chi connectivity index (χ4v) is 2.56. The number of nitrogens with zero attached hydrogens (tertiary/aromatic N) is 2. The quantitative estimate of drug-likeness (QED) is 0.714. The molecule has 0 aliphatic heterocycles. The van der Waals surface area contributed by atoms with E-state index in [2.05, 4.69) is 10.2 Å². The fraction of sp³-hybridized carbons (Fsp3) is 0. The van der Waals surface area contributed by atoms with Gasteiger partial charge in [0.25, 0.3) is 0 Å². The zero-order valence-corrected chi connectivity index (χ0v) is 11.9. The van der Waals surface area contributed by atoms with Gasteiger partial charge in [-0.1, -0.05) is 23.7 Å². The molecule has 0 radical (unpaired) electrons. The van der Waals surface area contributed by atoms with Crippen molar-refractivity contribution < 1.29 is 9.90 Å². The topological polar surface area (TPSA) is 79.6 Å². The first-order valence-electron chi connectivity index (χ1n) is 6.36. The van der Waals surface area contributed by atoms with Crippen LogP contribution in [0.1, 0.15) is 10.4 Å². The summed E-state index contributed by atoms with van der Waals surface area (Å²) >= 11 is 6.00. The van der Waals surface area contributed by atoms with Gasteiger partial charge in [-0.2, -0.15) is 0 Å². The molecule has 0 spiro atoms. The van der Waals surface area contributed by atoms with Crippen LogP contribution in [0.2, 0.25) is 5.02 Å². The number of nitroso groups, excluding NO2 is 1. The molecule has 1 aromatic heterocycles. The van der Waals surface area contributed by atoms with Crippen LogP contribution in [0.4, 0.5) is 5.69 Å². The van der Waals surface area contributed by atoms with Gasteiger partial charge in [0.05, 0.1) is 11.1 Å². The van der Waals surface area contributed by atoms with Crippen LogP contribution in [-0.4, -0.2) is 16.1 Å². The van der Waals surface area contributed by atoms with Crippen molar-refractivity contribution in [1.82, 2.24) is 4.98 Å². The Balaban J connectivity index is 2.38. The summed E-state index contributed by atoms with van der Waals surface area (Å²) in [5, 5.41) is 13.3. The molecule has 3 aromatic rings. The van der Waals surface area contributed by atoms with Crippen LogP contribution in [0.15, 0.2) is 53.8 Å². The Bertz CT molecular complexity index is 909. The number of halogens is 1. The van der Waals surface area contributed by atoms with Gasteiger partial charge in [0.1, 0.15) is 5.69 Å². The van der Waals surface area contributed by atoms with E-state index in [-0.39, 0.29) is 11.3 Å². The lowest BCUT2D eigenvalue weighted by molar-refractivity contribution is 0.0699. The monoisotopic (exact) mass is 312 g/mol. The Kier molecular flexibility index (Phi) is 3.56. The number of carboxylic acids is 1. The van der Waals surface area contributed by atoms with Crippen LogP contribution in [0.5, 0.6) is 0 Å². The maximum Gasteiger partial charge on any atom is 0.337 e. The van der Waals surface area contributed by atoms with Gasteiger partial charge in [-0.25, -0.2) is 4.79 Å². The summed E-state index contributed by atoms with van der Waals surface area (Å²) in [6.45, 7) is 0. The number of aromatic carboxylic acids is 1. The Labute approximate surface area is 130 Å². The number of aromatic nitrogens is 1. The van der Waals surface area contributed by atoms with Crippen molar-refractivity contribution in [2.75, 3.05) is 0 Å². The maximum atomic E-state index is 11.3. The highest BCUT2D eigenvalue weighted by atomic mass is 35.5. The van der Waals surface area contributed by atoms with Crippen molar-refractivity contribution in [3.8, 4) is 11.1 Å². The molecule has 0 saturated carbocycles. The van der Waals surface area contributed by atoms with Crippen LogP contribution in [0, 0.1) is 4.91 Å². The van der Waals surface area contributed by atoms with Crippen molar-refractivity contribution in [2.24, 2.45) is 5.18 Å². The second kappa shape index (κ2) is 5.54. The molecule has 0 amide bonds. The minimum absolute atomic E-state index is 0.0991. The minimum Gasteiger partial charge on any atom is -0.478 e. The zero-order chi connectivity index (χ0) is 15.7. The zero-order valence-electron chi connectivity index (χ0n) is 11.2. The standard InChI is InChI=1S/C16H9ClN2O3/c17-9-3-6-14(19-22)13(8-9)10-4-5-12(16(20)21)15-11(10)2-1-7-18-15/h1-8H,(H,20,21). The Morgan fingerprint density at radius 1 is 1.14 bits per heavy atom. The smallest absolute Gasteiger partial charge is 0.337 e. The number of carboxylic acid groups (broad SMARTS) is 1. The van der Waals surface area contributed by atoms with Gasteiger partial charge in [0, 0.05) is 22.2 Å². The van der Waals surface area contributed by atoms with Crippen molar-refractivity contribution in [3.05, 3.63) is 64.2 Å². The van der Waals surface area contributed by atoms with Gasteiger partial charge in [0.15, 0.2) is 0 Å². The number of fused-ring (bicyclic) bond motifs is 1. The SMILES string of the molecule is O=Nc1ccc(Cl)cc1-c1ccc(C(=O)O)c2ncccc12. The highest BCUT2D eigenvalue weighted by molar-refractivity contribution is 6.31. The molecule has 5 nitrogen and oxygen atoms in total. The molecular formula is C16H9ClN2O3. The maximum absolute atomic E-state index is 11.3. The summed E-state index contributed by atoms with van der Waals surface area (Å²) in [6, 6.07) is 11.3. The summed E-state index contributed by atoms with van der Waals surface area (Å²) in [5.41, 5.74) is 1.88. The number of hydrogen-bond acceptors (Lipinski definition) is 4. The van der Waals surface area contributed by atoms with Gasteiger partial charge in [-0.05, 0) is 41.1 Å². The molecule has 0 atom stereocenters. The number of carbonyl (C=O) groups is 1. The average molecular weight is 313 g/mol. The van der Waals surface area contributed by atoms with Gasteiger partial charge in [0.2, 0.25) is 0 Å². The van der Waals surface area contributed by atoms with Gasteiger partial charge >= 0.3 is 5.97 Å². The average Bonchev–Trinajstić information content (AvgIpc) is 2.53. The molecule has 0 fully saturated rings. The van der Waals surface area contributed by atoms with E-state index < -0.39 is 5.97 Å². The molecule has 0 aliphatic rings. The Hall–Kier alpha value is -2.79. The fourth-order valence-electron chi connectivity index (χ4n) is 2.38. The number of benzene rings is 2. The van der Waals surface area contributed by atoms with E-state index in [4.69, 9.17) is 11.6 Å². The van der Waals surface area contributed by atoms with Crippen molar-refractivity contribution in [3.63, 3.8) is 0 Å². The van der Waals surface area contributed by atoms with E-state index in [0.29, 0.717) is 27.1 Å². The summed E-state index contributed by atoms with van der Waals surface area (Å²) < 4.78 is 0. The number of rotatable bonds is 3. The minimum atomic E-state index is -1.06. The molecule has 2 aromatic carbocycles. The molecule has 0 unspecified atom stereocenters.